The van der Waals surface area contributed by atoms with Gasteiger partial charge in [-0.2, -0.15) is 13.2 Å². The summed E-state index contributed by atoms with van der Waals surface area (Å²) in [6.45, 7) is 8.03. The highest BCUT2D eigenvalue weighted by atomic mass is 19.4. The quantitative estimate of drug-likeness (QED) is 0.261. The van der Waals surface area contributed by atoms with Crippen molar-refractivity contribution in [2.75, 3.05) is 13.1 Å². The van der Waals surface area contributed by atoms with Gasteiger partial charge < -0.3 is 4.84 Å². The number of nitrogens with zero attached hydrogens (tertiary/aromatic N) is 2. The number of oxime groups is 1. The van der Waals surface area contributed by atoms with E-state index in [1.54, 1.807) is 19.1 Å². The molecule has 200 valence electrons. The number of ketones is 1. The van der Waals surface area contributed by atoms with Gasteiger partial charge in [0.25, 0.3) is 0 Å². The molecule has 0 aromatic heterocycles. The molecule has 2 aromatic carbocycles. The number of carbonyl (C=O) groups excluding carboxylic acids is 1. The number of alkyl halides is 3. The Morgan fingerprint density at radius 3 is 2.41 bits per heavy atom. The van der Waals surface area contributed by atoms with E-state index in [1.807, 2.05) is 13.0 Å². The maximum absolute atomic E-state index is 13.8. The molecule has 0 N–H and O–H groups in total. The van der Waals surface area contributed by atoms with Crippen LogP contribution in [0.1, 0.15) is 92.2 Å². The second kappa shape index (κ2) is 11.8. The minimum atomic E-state index is -4.39. The Hall–Kier alpha value is -2.67. The van der Waals surface area contributed by atoms with Crippen molar-refractivity contribution >= 4 is 11.5 Å². The van der Waals surface area contributed by atoms with Crippen LogP contribution in [0.3, 0.4) is 0 Å². The molecular weight excluding hydrogens is 477 g/mol. The number of halogens is 3. The molecular formula is C30H37F3N2O2. The molecule has 2 fully saturated rings. The molecule has 1 saturated carbocycles. The van der Waals surface area contributed by atoms with Crippen molar-refractivity contribution in [2.24, 2.45) is 11.1 Å². The van der Waals surface area contributed by atoms with Crippen molar-refractivity contribution in [3.63, 3.8) is 0 Å². The maximum Gasteiger partial charge on any atom is 0.416 e. The summed E-state index contributed by atoms with van der Waals surface area (Å²) in [5.74, 6) is 0.392. The molecule has 0 spiro atoms. The molecule has 37 heavy (non-hydrogen) atoms. The number of hydrogen-bond acceptors (Lipinski definition) is 4. The summed E-state index contributed by atoms with van der Waals surface area (Å²) in [6, 6.07) is 10.8. The molecule has 1 heterocycles. The van der Waals surface area contributed by atoms with Crippen LogP contribution in [0.4, 0.5) is 13.2 Å². The Morgan fingerprint density at radius 2 is 1.76 bits per heavy atom. The first-order valence-electron chi connectivity index (χ1n) is 13.4. The monoisotopic (exact) mass is 514 g/mol. The molecule has 0 atom stereocenters. The van der Waals surface area contributed by atoms with Gasteiger partial charge in [0, 0.05) is 25.6 Å². The number of hydrogen-bond donors (Lipinski definition) is 0. The fourth-order valence-electron chi connectivity index (χ4n) is 5.50. The average molecular weight is 515 g/mol. The van der Waals surface area contributed by atoms with E-state index < -0.39 is 11.7 Å². The predicted octanol–water partition coefficient (Wildman–Crippen LogP) is 7.28. The van der Waals surface area contributed by atoms with Gasteiger partial charge in [-0.25, -0.2) is 0 Å². The van der Waals surface area contributed by atoms with Gasteiger partial charge >= 0.3 is 6.18 Å². The lowest BCUT2D eigenvalue weighted by atomic mass is 9.81. The minimum Gasteiger partial charge on any atom is -0.391 e. The predicted molar refractivity (Wildman–Crippen MR) is 140 cm³/mol. The van der Waals surface area contributed by atoms with E-state index in [9.17, 15) is 18.0 Å². The summed E-state index contributed by atoms with van der Waals surface area (Å²) in [5.41, 5.74) is 4.39. The second-order valence-corrected chi connectivity index (χ2v) is 10.5. The number of carbonyl (C=O) groups is 1. The van der Waals surface area contributed by atoms with Gasteiger partial charge in [-0.05, 0) is 79.0 Å². The summed E-state index contributed by atoms with van der Waals surface area (Å²) in [5, 5.41) is 4.20. The molecule has 1 aliphatic carbocycles. The molecule has 1 aliphatic heterocycles. The lowest BCUT2D eigenvalue weighted by Gasteiger charge is -2.38. The Morgan fingerprint density at radius 1 is 1.03 bits per heavy atom. The highest BCUT2D eigenvalue weighted by molar-refractivity contribution is 5.98. The zero-order valence-corrected chi connectivity index (χ0v) is 22.0. The van der Waals surface area contributed by atoms with Crippen LogP contribution in [0.2, 0.25) is 0 Å². The van der Waals surface area contributed by atoms with Crippen LogP contribution in [0.25, 0.3) is 0 Å². The molecule has 0 bridgehead atoms. The summed E-state index contributed by atoms with van der Waals surface area (Å²) in [7, 11) is 0. The van der Waals surface area contributed by atoms with Crippen LogP contribution in [-0.4, -0.2) is 29.5 Å². The highest BCUT2D eigenvalue weighted by Gasteiger charge is 2.36. The minimum absolute atomic E-state index is 0.0175. The van der Waals surface area contributed by atoms with Crippen molar-refractivity contribution in [3.8, 4) is 0 Å². The molecule has 0 radical (unpaired) electrons. The van der Waals surface area contributed by atoms with Gasteiger partial charge in [0.1, 0.15) is 12.4 Å². The maximum atomic E-state index is 13.8. The number of likely N-dealkylation sites (tertiary alicyclic amines) is 1. The van der Waals surface area contributed by atoms with Gasteiger partial charge in [0.2, 0.25) is 0 Å². The van der Waals surface area contributed by atoms with E-state index in [0.29, 0.717) is 16.8 Å². The van der Waals surface area contributed by atoms with Crippen LogP contribution in [0.15, 0.2) is 41.6 Å². The van der Waals surface area contributed by atoms with Crippen molar-refractivity contribution in [1.82, 2.24) is 4.90 Å². The third-order valence-corrected chi connectivity index (χ3v) is 7.83. The fourth-order valence-corrected chi connectivity index (χ4v) is 5.50. The lowest BCUT2D eigenvalue weighted by Crippen LogP contribution is -2.49. The average Bonchev–Trinajstić information content (AvgIpc) is 2.85. The standard InChI is InChI=1S/C30H37F3N2O2/c1-4-23-15-25(11-12-26(23)16-35-17-27(18-35)21(3)36)20(2)34-37-19-22-10-13-28(24-8-6-5-7-9-24)29(14-22)30(31,32)33/h10-15,24,27H,4-9,16-19H2,1-3H3/b34-20+. The number of aryl methyl sites for hydroxylation is 1. The largest absolute Gasteiger partial charge is 0.416 e. The molecule has 7 heteroatoms. The smallest absolute Gasteiger partial charge is 0.391 e. The summed E-state index contributed by atoms with van der Waals surface area (Å²) >= 11 is 0. The molecule has 1 saturated heterocycles. The molecule has 4 rings (SSSR count). The normalized spacial score (nSPS) is 18.1. The van der Waals surface area contributed by atoms with Crippen LogP contribution in [0.5, 0.6) is 0 Å². The Balaban J connectivity index is 1.40. The zero-order valence-electron chi connectivity index (χ0n) is 22.0. The first-order valence-corrected chi connectivity index (χ1v) is 13.4. The van der Waals surface area contributed by atoms with Gasteiger partial charge in [-0.1, -0.05) is 55.6 Å². The third kappa shape index (κ3) is 6.81. The third-order valence-electron chi connectivity index (χ3n) is 7.83. The highest BCUT2D eigenvalue weighted by Crippen LogP contribution is 2.41. The molecule has 2 aromatic rings. The van der Waals surface area contributed by atoms with Gasteiger partial charge in [0.15, 0.2) is 0 Å². The summed E-state index contributed by atoms with van der Waals surface area (Å²) < 4.78 is 41.5. The topological polar surface area (TPSA) is 41.9 Å². The summed E-state index contributed by atoms with van der Waals surface area (Å²) in [6.07, 6.45) is 1.19. The van der Waals surface area contributed by atoms with E-state index in [2.05, 4.69) is 29.1 Å². The van der Waals surface area contributed by atoms with Gasteiger partial charge in [-0.15, -0.1) is 0 Å². The van der Waals surface area contributed by atoms with Crippen LogP contribution in [0, 0.1) is 5.92 Å². The van der Waals surface area contributed by atoms with E-state index in [4.69, 9.17) is 4.84 Å². The van der Waals surface area contributed by atoms with Crippen LogP contribution in [-0.2, 0) is 35.4 Å². The Bertz CT molecular complexity index is 1130. The Kier molecular flexibility index (Phi) is 8.73. The first kappa shape index (κ1) is 27.4. The first-order chi connectivity index (χ1) is 17.7. The van der Waals surface area contributed by atoms with E-state index in [0.717, 1.165) is 63.7 Å². The number of rotatable bonds is 9. The van der Waals surface area contributed by atoms with E-state index in [-0.39, 0.29) is 24.2 Å². The Labute approximate surface area is 217 Å². The van der Waals surface area contributed by atoms with E-state index >= 15 is 0 Å². The molecule has 0 amide bonds. The summed E-state index contributed by atoms with van der Waals surface area (Å²) in [4.78, 5) is 19.3. The lowest BCUT2D eigenvalue weighted by molar-refractivity contribution is -0.138. The van der Waals surface area contributed by atoms with Crippen molar-refractivity contribution in [1.29, 1.82) is 0 Å². The molecule has 2 aliphatic rings. The van der Waals surface area contributed by atoms with Gasteiger partial charge in [0.05, 0.1) is 11.3 Å². The van der Waals surface area contributed by atoms with Gasteiger partial charge in [-0.3, -0.25) is 9.69 Å². The van der Waals surface area contributed by atoms with Crippen molar-refractivity contribution < 1.29 is 22.8 Å². The van der Waals surface area contributed by atoms with Crippen molar-refractivity contribution in [3.05, 3.63) is 69.8 Å². The van der Waals surface area contributed by atoms with Crippen molar-refractivity contribution in [2.45, 2.75) is 84.5 Å². The van der Waals surface area contributed by atoms with Crippen LogP contribution >= 0.6 is 0 Å². The fraction of sp³-hybridized carbons (Fsp3) is 0.533. The number of Topliss-reactive ketones (excluding diaryl/α,β-unsaturated/α-hetero) is 1. The zero-order chi connectivity index (χ0) is 26.6. The second-order valence-electron chi connectivity index (χ2n) is 10.5. The SMILES string of the molecule is CCc1cc(/C(C)=N/OCc2ccc(C3CCCCC3)c(C(F)(F)F)c2)ccc1CN1CC(C(C)=O)C1. The van der Waals surface area contributed by atoms with Crippen LogP contribution < -0.4 is 0 Å². The number of benzene rings is 2. The molecule has 0 unspecified atom stereocenters. The van der Waals surface area contributed by atoms with E-state index in [1.165, 1.54) is 17.2 Å². The molecule has 4 nitrogen and oxygen atoms in total.